The summed E-state index contributed by atoms with van der Waals surface area (Å²) >= 11 is 0. The van der Waals surface area contributed by atoms with Gasteiger partial charge in [-0.25, -0.2) is 0 Å². The number of benzene rings is 3. The Bertz CT molecular complexity index is 936. The summed E-state index contributed by atoms with van der Waals surface area (Å²) in [6.45, 7) is 2.35. The zero-order valence-corrected chi connectivity index (χ0v) is 15.6. The number of para-hydroxylation sites is 1. The van der Waals surface area contributed by atoms with Gasteiger partial charge in [0.25, 0.3) is 5.91 Å². The van der Waals surface area contributed by atoms with Crippen LogP contribution in [-0.4, -0.2) is 24.9 Å². The lowest BCUT2D eigenvalue weighted by atomic mass is 10.1. The van der Waals surface area contributed by atoms with E-state index in [9.17, 15) is 9.59 Å². The first-order valence-electron chi connectivity index (χ1n) is 9.01. The van der Waals surface area contributed by atoms with Crippen molar-refractivity contribution in [3.05, 3.63) is 90.0 Å². The van der Waals surface area contributed by atoms with E-state index in [-0.39, 0.29) is 18.3 Å². The molecule has 0 spiro atoms. The van der Waals surface area contributed by atoms with Crippen molar-refractivity contribution in [1.82, 2.24) is 0 Å². The molecule has 0 aromatic heterocycles. The first-order chi connectivity index (χ1) is 13.7. The second-order valence-electron chi connectivity index (χ2n) is 5.99. The summed E-state index contributed by atoms with van der Waals surface area (Å²) in [6, 6.07) is 22.9. The van der Waals surface area contributed by atoms with Crippen LogP contribution in [-0.2, 0) is 0 Å². The van der Waals surface area contributed by atoms with Gasteiger partial charge in [0.1, 0.15) is 11.5 Å². The SMILES string of the molecule is CCOc1ccc(NC(=O)c2ccccc2OCC(=O)c2ccccc2)cc1. The molecule has 1 amide bonds. The third-order valence-corrected chi connectivity index (χ3v) is 4.01. The van der Waals surface area contributed by atoms with Gasteiger partial charge in [-0.3, -0.25) is 9.59 Å². The molecule has 0 saturated heterocycles. The first kappa shape index (κ1) is 19.2. The average molecular weight is 375 g/mol. The molecule has 0 fully saturated rings. The maximum absolute atomic E-state index is 12.7. The molecule has 3 rings (SSSR count). The highest BCUT2D eigenvalue weighted by Gasteiger charge is 2.14. The van der Waals surface area contributed by atoms with E-state index in [4.69, 9.17) is 9.47 Å². The molecule has 5 nitrogen and oxygen atoms in total. The largest absolute Gasteiger partial charge is 0.494 e. The normalized spacial score (nSPS) is 10.2. The Morgan fingerprint density at radius 2 is 1.50 bits per heavy atom. The summed E-state index contributed by atoms with van der Waals surface area (Å²) in [6.07, 6.45) is 0. The minimum atomic E-state index is -0.313. The van der Waals surface area contributed by atoms with Gasteiger partial charge in [0.2, 0.25) is 0 Å². The summed E-state index contributed by atoms with van der Waals surface area (Å²) in [5.74, 6) is 0.633. The van der Waals surface area contributed by atoms with Crippen LogP contribution in [0, 0.1) is 0 Å². The second kappa shape index (κ2) is 9.37. The van der Waals surface area contributed by atoms with E-state index in [1.807, 2.05) is 13.0 Å². The quantitative estimate of drug-likeness (QED) is 0.585. The molecule has 142 valence electrons. The van der Waals surface area contributed by atoms with Crippen molar-refractivity contribution in [2.75, 3.05) is 18.5 Å². The van der Waals surface area contributed by atoms with Crippen molar-refractivity contribution in [1.29, 1.82) is 0 Å². The van der Waals surface area contributed by atoms with Crippen molar-refractivity contribution in [3.8, 4) is 11.5 Å². The number of ketones is 1. The third-order valence-electron chi connectivity index (χ3n) is 4.01. The molecule has 0 radical (unpaired) electrons. The van der Waals surface area contributed by atoms with Gasteiger partial charge in [-0.05, 0) is 43.3 Å². The van der Waals surface area contributed by atoms with Crippen LogP contribution in [0.4, 0.5) is 5.69 Å². The van der Waals surface area contributed by atoms with Crippen molar-refractivity contribution in [2.24, 2.45) is 0 Å². The minimum Gasteiger partial charge on any atom is -0.494 e. The zero-order chi connectivity index (χ0) is 19.8. The van der Waals surface area contributed by atoms with Crippen LogP contribution in [0.3, 0.4) is 0 Å². The van der Waals surface area contributed by atoms with Gasteiger partial charge in [0, 0.05) is 11.3 Å². The smallest absolute Gasteiger partial charge is 0.259 e. The van der Waals surface area contributed by atoms with Gasteiger partial charge in [-0.2, -0.15) is 0 Å². The van der Waals surface area contributed by atoms with Crippen LogP contribution in [0.5, 0.6) is 11.5 Å². The van der Waals surface area contributed by atoms with E-state index in [1.54, 1.807) is 72.8 Å². The Morgan fingerprint density at radius 1 is 0.821 bits per heavy atom. The Hall–Kier alpha value is -3.60. The van der Waals surface area contributed by atoms with Crippen LogP contribution in [0.2, 0.25) is 0 Å². The van der Waals surface area contributed by atoms with E-state index in [0.717, 1.165) is 5.75 Å². The number of hydrogen-bond acceptors (Lipinski definition) is 4. The topological polar surface area (TPSA) is 64.6 Å². The van der Waals surface area contributed by atoms with Gasteiger partial charge in [-0.15, -0.1) is 0 Å². The summed E-state index contributed by atoms with van der Waals surface area (Å²) in [7, 11) is 0. The Morgan fingerprint density at radius 3 is 2.21 bits per heavy atom. The molecule has 0 aliphatic rings. The number of Topliss-reactive ketones (excluding diaryl/α,β-unsaturated/α-hetero) is 1. The highest BCUT2D eigenvalue weighted by molar-refractivity contribution is 6.06. The molecule has 0 aliphatic heterocycles. The summed E-state index contributed by atoms with van der Waals surface area (Å²) in [4.78, 5) is 24.9. The molecule has 5 heteroatoms. The van der Waals surface area contributed by atoms with Gasteiger partial charge in [0.15, 0.2) is 12.4 Å². The lowest BCUT2D eigenvalue weighted by molar-refractivity contribution is 0.0914. The lowest BCUT2D eigenvalue weighted by Crippen LogP contribution is -2.16. The molecule has 0 aliphatic carbocycles. The molecule has 0 saturated carbocycles. The molecule has 3 aromatic carbocycles. The summed E-state index contributed by atoms with van der Waals surface area (Å²) in [5.41, 5.74) is 1.57. The van der Waals surface area contributed by atoms with Gasteiger partial charge in [-0.1, -0.05) is 42.5 Å². The number of amides is 1. The molecular formula is C23H21NO4. The average Bonchev–Trinajstić information content (AvgIpc) is 2.74. The molecule has 28 heavy (non-hydrogen) atoms. The van der Waals surface area contributed by atoms with Crippen molar-refractivity contribution in [2.45, 2.75) is 6.92 Å². The predicted octanol–water partition coefficient (Wildman–Crippen LogP) is 4.60. The van der Waals surface area contributed by atoms with Crippen LogP contribution in [0.25, 0.3) is 0 Å². The molecule has 0 heterocycles. The molecule has 3 aromatic rings. The van der Waals surface area contributed by atoms with Crippen LogP contribution in [0.15, 0.2) is 78.9 Å². The van der Waals surface area contributed by atoms with E-state index in [0.29, 0.717) is 29.2 Å². The van der Waals surface area contributed by atoms with E-state index < -0.39 is 0 Å². The fraction of sp³-hybridized carbons (Fsp3) is 0.130. The zero-order valence-electron chi connectivity index (χ0n) is 15.6. The summed E-state index contributed by atoms with van der Waals surface area (Å²) < 4.78 is 11.0. The number of carbonyl (C=O) groups is 2. The number of rotatable bonds is 8. The van der Waals surface area contributed by atoms with Crippen LogP contribution < -0.4 is 14.8 Å². The maximum atomic E-state index is 12.7. The monoisotopic (exact) mass is 375 g/mol. The van der Waals surface area contributed by atoms with Crippen molar-refractivity contribution in [3.63, 3.8) is 0 Å². The van der Waals surface area contributed by atoms with Crippen LogP contribution in [0.1, 0.15) is 27.6 Å². The molecule has 0 bridgehead atoms. The highest BCUT2D eigenvalue weighted by Crippen LogP contribution is 2.21. The van der Waals surface area contributed by atoms with Gasteiger partial charge < -0.3 is 14.8 Å². The fourth-order valence-corrected chi connectivity index (χ4v) is 2.63. The molecular weight excluding hydrogens is 354 g/mol. The number of carbonyl (C=O) groups excluding carboxylic acids is 2. The number of hydrogen-bond donors (Lipinski definition) is 1. The van der Waals surface area contributed by atoms with Crippen LogP contribution >= 0.6 is 0 Å². The van der Waals surface area contributed by atoms with Crippen molar-refractivity contribution < 1.29 is 19.1 Å². The molecule has 0 unspecified atom stereocenters. The fourth-order valence-electron chi connectivity index (χ4n) is 2.63. The standard InChI is InChI=1S/C23H21NO4/c1-2-27-19-14-12-18(13-15-19)24-23(26)20-10-6-7-11-22(20)28-16-21(25)17-8-4-3-5-9-17/h3-15H,2,16H2,1H3,(H,24,26). The Labute approximate surface area is 163 Å². The number of anilines is 1. The molecule has 0 atom stereocenters. The number of ether oxygens (including phenoxy) is 2. The Kier molecular flexibility index (Phi) is 6.41. The van der Waals surface area contributed by atoms with Gasteiger partial charge in [0.05, 0.1) is 12.2 Å². The predicted molar refractivity (Wildman–Crippen MR) is 108 cm³/mol. The van der Waals surface area contributed by atoms with E-state index in [2.05, 4.69) is 5.32 Å². The minimum absolute atomic E-state index is 0.142. The third kappa shape index (κ3) is 4.98. The lowest BCUT2D eigenvalue weighted by Gasteiger charge is -2.12. The summed E-state index contributed by atoms with van der Waals surface area (Å²) in [5, 5.41) is 2.83. The highest BCUT2D eigenvalue weighted by atomic mass is 16.5. The molecule has 1 N–H and O–H groups in total. The number of nitrogens with one attached hydrogen (secondary N) is 1. The second-order valence-corrected chi connectivity index (χ2v) is 5.99. The van der Waals surface area contributed by atoms with Gasteiger partial charge >= 0.3 is 0 Å². The first-order valence-corrected chi connectivity index (χ1v) is 9.01. The maximum Gasteiger partial charge on any atom is 0.259 e. The van der Waals surface area contributed by atoms with E-state index in [1.165, 1.54) is 0 Å². The van der Waals surface area contributed by atoms with E-state index >= 15 is 0 Å². The van der Waals surface area contributed by atoms with Crippen molar-refractivity contribution >= 4 is 17.4 Å². The Balaban J connectivity index is 1.67.